The van der Waals surface area contributed by atoms with Crippen molar-refractivity contribution in [1.82, 2.24) is 30.2 Å². The van der Waals surface area contributed by atoms with Crippen LogP contribution in [0.25, 0.3) is 22.5 Å². The van der Waals surface area contributed by atoms with Crippen molar-refractivity contribution in [3.63, 3.8) is 0 Å². The zero-order valence-electron chi connectivity index (χ0n) is 13.6. The minimum atomic E-state index is -0.992. The largest absolute Gasteiger partial charge is 0.477 e. The van der Waals surface area contributed by atoms with Crippen molar-refractivity contribution in [3.8, 4) is 22.5 Å². The van der Waals surface area contributed by atoms with Crippen LogP contribution >= 0.6 is 0 Å². The molecular formula is C18H14N6O2. The third-order valence-electron chi connectivity index (χ3n) is 4.06. The van der Waals surface area contributed by atoms with Crippen molar-refractivity contribution in [2.75, 3.05) is 0 Å². The van der Waals surface area contributed by atoms with Crippen LogP contribution in [0.3, 0.4) is 0 Å². The Kier molecular flexibility index (Phi) is 3.98. The molecule has 2 aromatic heterocycles. The number of tetrazole rings is 1. The van der Waals surface area contributed by atoms with Gasteiger partial charge in [-0.05, 0) is 21.9 Å². The number of aromatic nitrogens is 6. The average molecular weight is 346 g/mol. The number of H-pyrrole nitrogens is 1. The summed E-state index contributed by atoms with van der Waals surface area (Å²) in [6.45, 7) is 0.439. The molecule has 0 radical (unpaired) electrons. The van der Waals surface area contributed by atoms with Crippen LogP contribution < -0.4 is 0 Å². The van der Waals surface area contributed by atoms with Gasteiger partial charge < -0.3 is 9.67 Å². The lowest BCUT2D eigenvalue weighted by Gasteiger charge is -2.09. The summed E-state index contributed by atoms with van der Waals surface area (Å²) >= 11 is 0. The quantitative estimate of drug-likeness (QED) is 0.574. The number of rotatable bonds is 5. The number of benzene rings is 2. The van der Waals surface area contributed by atoms with E-state index in [0.29, 0.717) is 12.4 Å². The van der Waals surface area contributed by atoms with Crippen LogP contribution in [0.5, 0.6) is 0 Å². The molecule has 8 nitrogen and oxygen atoms in total. The van der Waals surface area contributed by atoms with Gasteiger partial charge in [-0.1, -0.05) is 48.5 Å². The Hall–Kier alpha value is -3.81. The molecule has 0 saturated carbocycles. The Balaban J connectivity index is 1.63. The van der Waals surface area contributed by atoms with E-state index < -0.39 is 5.97 Å². The maximum absolute atomic E-state index is 11.2. The van der Waals surface area contributed by atoms with Crippen molar-refractivity contribution in [3.05, 3.63) is 72.3 Å². The molecule has 2 N–H and O–H groups in total. The van der Waals surface area contributed by atoms with Crippen molar-refractivity contribution in [2.45, 2.75) is 6.54 Å². The Morgan fingerprint density at radius 1 is 1.08 bits per heavy atom. The van der Waals surface area contributed by atoms with Crippen LogP contribution in [0.4, 0.5) is 0 Å². The molecule has 8 heteroatoms. The molecule has 0 amide bonds. The number of aromatic amines is 1. The number of nitrogens with zero attached hydrogens (tertiary/aromatic N) is 5. The van der Waals surface area contributed by atoms with Gasteiger partial charge >= 0.3 is 5.97 Å². The summed E-state index contributed by atoms with van der Waals surface area (Å²) in [4.78, 5) is 15.1. The normalized spacial score (nSPS) is 10.8. The fraction of sp³-hybridized carbons (Fsp3) is 0.0556. The summed E-state index contributed by atoms with van der Waals surface area (Å²) in [6, 6.07) is 15.7. The minimum Gasteiger partial charge on any atom is -0.477 e. The van der Waals surface area contributed by atoms with Crippen molar-refractivity contribution < 1.29 is 9.90 Å². The highest BCUT2D eigenvalue weighted by Crippen LogP contribution is 2.29. The molecule has 0 fully saturated rings. The molecular weight excluding hydrogens is 332 g/mol. The number of aromatic carboxylic acids is 1. The van der Waals surface area contributed by atoms with Gasteiger partial charge in [0.05, 0.1) is 12.5 Å². The van der Waals surface area contributed by atoms with Gasteiger partial charge in [-0.2, -0.15) is 5.21 Å². The first-order valence-corrected chi connectivity index (χ1v) is 7.88. The standard InChI is InChI=1S/C18H14N6O2/c25-18(26)16-9-19-11-24(16)10-12-5-7-13(8-6-12)14-3-1-2-4-15(14)17-20-22-23-21-17/h1-9,11H,10H2,(H,25,26)(H,20,21,22,23). The van der Waals surface area contributed by atoms with Gasteiger partial charge in [0, 0.05) is 12.1 Å². The predicted octanol–water partition coefficient (Wildman–Crippen LogP) is 2.48. The van der Waals surface area contributed by atoms with E-state index in [1.54, 1.807) is 4.57 Å². The van der Waals surface area contributed by atoms with Crippen molar-refractivity contribution in [1.29, 1.82) is 0 Å². The first-order valence-electron chi connectivity index (χ1n) is 7.88. The molecule has 2 heterocycles. The fourth-order valence-corrected chi connectivity index (χ4v) is 2.82. The minimum absolute atomic E-state index is 0.163. The van der Waals surface area contributed by atoms with Gasteiger partial charge in [0.15, 0.2) is 0 Å². The molecule has 0 saturated heterocycles. The Bertz CT molecular complexity index is 1040. The van der Waals surface area contributed by atoms with Crippen molar-refractivity contribution in [2.24, 2.45) is 0 Å². The van der Waals surface area contributed by atoms with Crippen molar-refractivity contribution >= 4 is 5.97 Å². The van der Waals surface area contributed by atoms with Gasteiger partial charge in [0.25, 0.3) is 0 Å². The zero-order valence-corrected chi connectivity index (χ0v) is 13.6. The number of carbonyl (C=O) groups is 1. The first-order chi connectivity index (χ1) is 12.7. The molecule has 0 aliphatic carbocycles. The summed E-state index contributed by atoms with van der Waals surface area (Å²) in [5, 5.41) is 23.4. The third kappa shape index (κ3) is 2.95. The van der Waals surface area contributed by atoms with Gasteiger partial charge in [-0.15, -0.1) is 10.2 Å². The molecule has 0 aliphatic rings. The van der Waals surface area contributed by atoms with Crippen LogP contribution in [0, 0.1) is 0 Å². The topological polar surface area (TPSA) is 110 Å². The molecule has 0 spiro atoms. The third-order valence-corrected chi connectivity index (χ3v) is 4.06. The molecule has 128 valence electrons. The van der Waals surface area contributed by atoms with Gasteiger partial charge in [-0.25, -0.2) is 9.78 Å². The summed E-state index contributed by atoms with van der Waals surface area (Å²) in [5.41, 5.74) is 4.03. The smallest absolute Gasteiger partial charge is 0.354 e. The maximum atomic E-state index is 11.2. The summed E-state index contributed by atoms with van der Waals surface area (Å²) in [5.74, 6) is -0.456. The lowest BCUT2D eigenvalue weighted by Crippen LogP contribution is -2.08. The SMILES string of the molecule is O=C(O)c1cncn1Cc1ccc(-c2ccccc2-c2nn[nH]n2)cc1. The van der Waals surface area contributed by atoms with Crippen LogP contribution in [-0.2, 0) is 6.54 Å². The summed E-state index contributed by atoms with van der Waals surface area (Å²) in [6.07, 6.45) is 2.86. The van der Waals surface area contributed by atoms with Crippen LogP contribution in [-0.4, -0.2) is 41.3 Å². The van der Waals surface area contributed by atoms with E-state index in [1.807, 2.05) is 48.5 Å². The van der Waals surface area contributed by atoms with Gasteiger partial charge in [0.1, 0.15) is 5.69 Å². The number of hydrogen-bond donors (Lipinski definition) is 2. The molecule has 0 bridgehead atoms. The Morgan fingerprint density at radius 3 is 2.54 bits per heavy atom. The number of carboxylic acids is 1. The fourth-order valence-electron chi connectivity index (χ4n) is 2.82. The molecule has 4 aromatic rings. The first kappa shape index (κ1) is 15.7. The number of hydrogen-bond acceptors (Lipinski definition) is 5. The second-order valence-electron chi connectivity index (χ2n) is 5.69. The molecule has 0 unspecified atom stereocenters. The van der Waals surface area contributed by atoms with Gasteiger partial charge in [-0.3, -0.25) is 0 Å². The zero-order chi connectivity index (χ0) is 17.9. The Labute approximate surface area is 148 Å². The lowest BCUT2D eigenvalue weighted by molar-refractivity contribution is 0.0685. The highest BCUT2D eigenvalue weighted by molar-refractivity contribution is 5.85. The van der Waals surface area contributed by atoms with Gasteiger partial charge in [0.2, 0.25) is 5.82 Å². The highest BCUT2D eigenvalue weighted by atomic mass is 16.4. The molecule has 2 aromatic carbocycles. The highest BCUT2D eigenvalue weighted by Gasteiger charge is 2.12. The maximum Gasteiger partial charge on any atom is 0.354 e. The molecule has 0 aliphatic heterocycles. The van der Waals surface area contributed by atoms with E-state index in [1.165, 1.54) is 12.5 Å². The van der Waals surface area contributed by atoms with E-state index in [0.717, 1.165) is 22.3 Å². The predicted molar refractivity (Wildman–Crippen MR) is 93.3 cm³/mol. The van der Waals surface area contributed by atoms with E-state index in [-0.39, 0.29) is 5.69 Å². The van der Waals surface area contributed by atoms with Crippen LogP contribution in [0.2, 0.25) is 0 Å². The van der Waals surface area contributed by atoms with Crippen LogP contribution in [0.15, 0.2) is 61.1 Å². The monoisotopic (exact) mass is 346 g/mol. The Morgan fingerprint density at radius 2 is 1.85 bits per heavy atom. The number of nitrogens with one attached hydrogen (secondary N) is 1. The van der Waals surface area contributed by atoms with E-state index in [4.69, 9.17) is 5.11 Å². The second kappa shape index (κ2) is 6.60. The van der Waals surface area contributed by atoms with E-state index in [2.05, 4.69) is 25.6 Å². The molecule has 26 heavy (non-hydrogen) atoms. The molecule has 4 rings (SSSR count). The lowest BCUT2D eigenvalue weighted by atomic mass is 9.98. The molecule has 0 atom stereocenters. The number of imidazole rings is 1. The average Bonchev–Trinajstić information content (AvgIpc) is 3.34. The van der Waals surface area contributed by atoms with E-state index >= 15 is 0 Å². The summed E-state index contributed by atoms with van der Waals surface area (Å²) in [7, 11) is 0. The number of carboxylic acid groups (broad SMARTS) is 1. The van der Waals surface area contributed by atoms with E-state index in [9.17, 15) is 4.79 Å². The second-order valence-corrected chi connectivity index (χ2v) is 5.69. The van der Waals surface area contributed by atoms with Crippen LogP contribution in [0.1, 0.15) is 16.1 Å². The summed E-state index contributed by atoms with van der Waals surface area (Å²) < 4.78 is 1.60.